The first-order chi connectivity index (χ1) is 21.2. The second-order valence-corrected chi connectivity index (χ2v) is 11.1. The molecule has 43 heavy (non-hydrogen) atoms. The SMILES string of the molecule is CN1C(c2cccc(-c3ccc4c5ccccc5c5ccccc5c4c3)c2)=NC(c2ccccc2)=NC1c1ccccc1. The Morgan fingerprint density at radius 2 is 0.953 bits per heavy atom. The van der Waals surface area contributed by atoms with Crippen molar-refractivity contribution in [3.8, 4) is 11.1 Å². The van der Waals surface area contributed by atoms with E-state index in [4.69, 9.17) is 9.98 Å². The van der Waals surface area contributed by atoms with Crippen LogP contribution in [0.3, 0.4) is 0 Å². The Morgan fingerprint density at radius 3 is 1.63 bits per heavy atom. The highest BCUT2D eigenvalue weighted by Gasteiger charge is 2.26. The molecular formula is C40H29N3. The molecule has 8 rings (SSSR count). The minimum Gasteiger partial charge on any atom is -0.333 e. The average Bonchev–Trinajstić information content (AvgIpc) is 3.09. The summed E-state index contributed by atoms with van der Waals surface area (Å²) in [6.45, 7) is 0. The molecule has 3 nitrogen and oxygen atoms in total. The topological polar surface area (TPSA) is 28.0 Å². The van der Waals surface area contributed by atoms with Crippen LogP contribution in [-0.2, 0) is 0 Å². The molecule has 0 N–H and O–H groups in total. The monoisotopic (exact) mass is 551 g/mol. The van der Waals surface area contributed by atoms with Crippen LogP contribution in [0, 0.1) is 0 Å². The van der Waals surface area contributed by atoms with Crippen molar-refractivity contribution in [2.24, 2.45) is 9.98 Å². The lowest BCUT2D eigenvalue weighted by atomic mass is 9.92. The van der Waals surface area contributed by atoms with Gasteiger partial charge in [0.1, 0.15) is 12.0 Å². The molecule has 1 heterocycles. The molecule has 1 aliphatic rings. The van der Waals surface area contributed by atoms with Crippen molar-refractivity contribution in [1.29, 1.82) is 0 Å². The molecule has 0 saturated heterocycles. The molecule has 3 heteroatoms. The summed E-state index contributed by atoms with van der Waals surface area (Å²) in [5.74, 6) is 1.65. The van der Waals surface area contributed by atoms with Crippen LogP contribution in [0.4, 0.5) is 0 Å². The molecule has 0 radical (unpaired) electrons. The van der Waals surface area contributed by atoms with Crippen LogP contribution in [0.25, 0.3) is 43.4 Å². The van der Waals surface area contributed by atoms with Crippen molar-refractivity contribution >= 4 is 44.0 Å². The van der Waals surface area contributed by atoms with Gasteiger partial charge in [-0.05, 0) is 61.1 Å². The van der Waals surface area contributed by atoms with Gasteiger partial charge in [0.25, 0.3) is 0 Å². The Hall–Kier alpha value is -5.54. The van der Waals surface area contributed by atoms with Gasteiger partial charge in [0, 0.05) is 18.2 Å². The first kappa shape index (κ1) is 25.2. The maximum atomic E-state index is 5.13. The fourth-order valence-electron chi connectivity index (χ4n) is 6.37. The number of rotatable bonds is 4. The van der Waals surface area contributed by atoms with Gasteiger partial charge in [-0.15, -0.1) is 0 Å². The van der Waals surface area contributed by atoms with E-state index >= 15 is 0 Å². The number of aliphatic imine (C=N–C) groups is 2. The predicted molar refractivity (Wildman–Crippen MR) is 181 cm³/mol. The number of hydrogen-bond acceptors (Lipinski definition) is 3. The van der Waals surface area contributed by atoms with Crippen LogP contribution in [0.5, 0.6) is 0 Å². The number of amidine groups is 2. The van der Waals surface area contributed by atoms with Crippen molar-refractivity contribution in [2.75, 3.05) is 7.05 Å². The minimum absolute atomic E-state index is 0.173. The minimum atomic E-state index is -0.173. The Bertz CT molecular complexity index is 2160. The summed E-state index contributed by atoms with van der Waals surface area (Å²) >= 11 is 0. The second-order valence-electron chi connectivity index (χ2n) is 11.1. The fourth-order valence-corrected chi connectivity index (χ4v) is 6.37. The summed E-state index contributed by atoms with van der Waals surface area (Å²) in [5, 5.41) is 7.69. The molecule has 1 unspecified atom stereocenters. The third-order valence-electron chi connectivity index (χ3n) is 8.49. The van der Waals surface area contributed by atoms with Crippen LogP contribution in [-0.4, -0.2) is 23.6 Å². The first-order valence-corrected chi connectivity index (χ1v) is 14.7. The van der Waals surface area contributed by atoms with Gasteiger partial charge in [0.2, 0.25) is 0 Å². The first-order valence-electron chi connectivity index (χ1n) is 14.7. The lowest BCUT2D eigenvalue weighted by Gasteiger charge is -2.32. The molecule has 7 aromatic rings. The lowest BCUT2D eigenvalue weighted by Crippen LogP contribution is -2.35. The van der Waals surface area contributed by atoms with E-state index in [1.807, 2.05) is 24.3 Å². The summed E-state index contributed by atoms with van der Waals surface area (Å²) in [7, 11) is 2.09. The van der Waals surface area contributed by atoms with E-state index in [0.717, 1.165) is 33.9 Å². The standard InChI is InChI=1S/C40H29N3/c1-43-39(28-15-6-3-7-16-28)41-38(27-13-4-2-5-14-27)42-40(43)31-18-12-17-29(25-31)30-23-24-36-34-21-9-8-19-32(34)33-20-10-11-22-35(33)37(36)26-30/h2-26,39H,1H3. The Kier molecular flexibility index (Phi) is 6.08. The van der Waals surface area contributed by atoms with Crippen LogP contribution >= 0.6 is 0 Å². The molecule has 1 atom stereocenters. The molecule has 0 amide bonds. The van der Waals surface area contributed by atoms with Gasteiger partial charge in [0.05, 0.1) is 0 Å². The molecule has 0 saturated carbocycles. The number of nitrogens with zero attached hydrogens (tertiary/aromatic N) is 3. The molecular weight excluding hydrogens is 522 g/mol. The van der Waals surface area contributed by atoms with Crippen molar-refractivity contribution in [2.45, 2.75) is 6.17 Å². The van der Waals surface area contributed by atoms with Gasteiger partial charge >= 0.3 is 0 Å². The summed E-state index contributed by atoms with van der Waals surface area (Å²) < 4.78 is 0. The van der Waals surface area contributed by atoms with Gasteiger partial charge < -0.3 is 4.90 Å². The third-order valence-corrected chi connectivity index (χ3v) is 8.49. The summed E-state index contributed by atoms with van der Waals surface area (Å²) in [6.07, 6.45) is -0.173. The smallest absolute Gasteiger partial charge is 0.159 e. The zero-order chi connectivity index (χ0) is 28.8. The van der Waals surface area contributed by atoms with Crippen molar-refractivity contribution in [3.63, 3.8) is 0 Å². The normalized spacial score (nSPS) is 15.1. The van der Waals surface area contributed by atoms with E-state index in [-0.39, 0.29) is 6.17 Å². The fraction of sp³-hybridized carbons (Fsp3) is 0.0500. The van der Waals surface area contributed by atoms with E-state index in [9.17, 15) is 0 Å². The second kappa shape index (κ2) is 10.4. The number of hydrogen-bond donors (Lipinski definition) is 0. The van der Waals surface area contributed by atoms with E-state index in [1.54, 1.807) is 0 Å². The molecule has 1 aliphatic heterocycles. The van der Waals surface area contributed by atoms with Gasteiger partial charge in [-0.1, -0.05) is 140 Å². The van der Waals surface area contributed by atoms with Crippen molar-refractivity contribution in [1.82, 2.24) is 4.90 Å². The maximum absolute atomic E-state index is 5.13. The van der Waals surface area contributed by atoms with Gasteiger partial charge in [0.15, 0.2) is 5.84 Å². The molecule has 0 spiro atoms. The molecule has 7 aromatic carbocycles. The maximum Gasteiger partial charge on any atom is 0.159 e. The lowest BCUT2D eigenvalue weighted by molar-refractivity contribution is 0.383. The highest BCUT2D eigenvalue weighted by molar-refractivity contribution is 6.25. The van der Waals surface area contributed by atoms with Crippen molar-refractivity contribution < 1.29 is 0 Å². The zero-order valence-electron chi connectivity index (χ0n) is 23.9. The summed E-state index contributed by atoms with van der Waals surface area (Å²) in [6, 6.07) is 53.8. The summed E-state index contributed by atoms with van der Waals surface area (Å²) in [5.41, 5.74) is 5.56. The average molecular weight is 552 g/mol. The van der Waals surface area contributed by atoms with Crippen LogP contribution in [0.1, 0.15) is 22.9 Å². The van der Waals surface area contributed by atoms with Crippen LogP contribution in [0.15, 0.2) is 162 Å². The van der Waals surface area contributed by atoms with Gasteiger partial charge in [-0.25, -0.2) is 9.98 Å². The Labute approximate surface area is 251 Å². The van der Waals surface area contributed by atoms with Gasteiger partial charge in [-0.3, -0.25) is 0 Å². The number of benzene rings is 7. The zero-order valence-corrected chi connectivity index (χ0v) is 23.9. The predicted octanol–water partition coefficient (Wildman–Crippen LogP) is 9.65. The summed E-state index contributed by atoms with van der Waals surface area (Å²) in [4.78, 5) is 12.4. The Morgan fingerprint density at radius 1 is 0.442 bits per heavy atom. The molecule has 0 fully saturated rings. The van der Waals surface area contributed by atoms with E-state index in [1.165, 1.54) is 37.9 Å². The Balaban J connectivity index is 1.27. The highest BCUT2D eigenvalue weighted by atomic mass is 15.3. The molecule has 0 aliphatic carbocycles. The third kappa shape index (κ3) is 4.38. The highest BCUT2D eigenvalue weighted by Crippen LogP contribution is 2.37. The molecule has 204 valence electrons. The van der Waals surface area contributed by atoms with Crippen molar-refractivity contribution in [3.05, 3.63) is 168 Å². The largest absolute Gasteiger partial charge is 0.333 e. The van der Waals surface area contributed by atoms with Gasteiger partial charge in [-0.2, -0.15) is 0 Å². The number of fused-ring (bicyclic) bond motifs is 6. The van der Waals surface area contributed by atoms with Crippen LogP contribution < -0.4 is 0 Å². The van der Waals surface area contributed by atoms with E-state index < -0.39 is 0 Å². The van der Waals surface area contributed by atoms with E-state index in [2.05, 4.69) is 139 Å². The van der Waals surface area contributed by atoms with Crippen LogP contribution in [0.2, 0.25) is 0 Å². The van der Waals surface area contributed by atoms with E-state index in [0.29, 0.717) is 0 Å². The quantitative estimate of drug-likeness (QED) is 0.200. The molecule has 0 aromatic heterocycles. The molecule has 0 bridgehead atoms.